The Morgan fingerprint density at radius 3 is 2.44 bits per heavy atom. The molecular weight excluding hydrogens is 562 g/mol. The van der Waals surface area contributed by atoms with Gasteiger partial charge in [-0.1, -0.05) is 18.1 Å². The SMILES string of the molecule is Cn1nc(NS(C)(=O)=O)c2cccc(-c3ccc(C#CC4(O)CC(F)(F)C4)nc3C(N)Cc3cc(F)cc(F)c3)c21. The number of hydrogen-bond acceptors (Lipinski definition) is 6. The molecule has 1 atom stereocenters. The molecule has 4 aromatic rings. The van der Waals surface area contributed by atoms with Crippen LogP contribution in [0.4, 0.5) is 23.4 Å². The van der Waals surface area contributed by atoms with E-state index in [4.69, 9.17) is 5.73 Å². The number of nitrogens with one attached hydrogen (secondary N) is 1. The number of alkyl halides is 2. The van der Waals surface area contributed by atoms with E-state index in [2.05, 4.69) is 26.6 Å². The van der Waals surface area contributed by atoms with Crippen LogP contribution in [0.2, 0.25) is 0 Å². The molecule has 5 rings (SSSR count). The molecule has 0 saturated heterocycles. The van der Waals surface area contributed by atoms with E-state index in [0.717, 1.165) is 24.5 Å². The van der Waals surface area contributed by atoms with Gasteiger partial charge in [0.15, 0.2) is 5.82 Å². The zero-order valence-electron chi connectivity index (χ0n) is 21.9. The maximum atomic E-state index is 13.9. The van der Waals surface area contributed by atoms with Gasteiger partial charge in [-0.25, -0.2) is 31.0 Å². The maximum absolute atomic E-state index is 13.9. The second-order valence-corrected chi connectivity index (χ2v) is 12.0. The summed E-state index contributed by atoms with van der Waals surface area (Å²) in [6, 6.07) is 10.5. The lowest BCUT2D eigenvalue weighted by molar-refractivity contribution is -0.176. The molecule has 1 aliphatic carbocycles. The molecule has 8 nitrogen and oxygen atoms in total. The third-order valence-electron chi connectivity index (χ3n) is 6.62. The number of benzene rings is 2. The first kappa shape index (κ1) is 28.5. The van der Waals surface area contributed by atoms with Gasteiger partial charge in [0.2, 0.25) is 10.0 Å². The number of aromatic nitrogens is 3. The minimum Gasteiger partial charge on any atom is -0.377 e. The van der Waals surface area contributed by atoms with Crippen molar-refractivity contribution in [2.75, 3.05) is 11.0 Å². The van der Waals surface area contributed by atoms with Crippen molar-refractivity contribution in [2.45, 2.75) is 36.8 Å². The quantitative estimate of drug-likeness (QED) is 0.231. The fourth-order valence-electron chi connectivity index (χ4n) is 5.01. The van der Waals surface area contributed by atoms with Gasteiger partial charge in [0.1, 0.15) is 22.9 Å². The highest BCUT2D eigenvalue weighted by Gasteiger charge is 2.55. The zero-order valence-corrected chi connectivity index (χ0v) is 22.7. The second kappa shape index (κ2) is 10.1. The van der Waals surface area contributed by atoms with Gasteiger partial charge in [-0.05, 0) is 48.2 Å². The third-order valence-corrected chi connectivity index (χ3v) is 7.18. The molecule has 214 valence electrons. The molecule has 0 bridgehead atoms. The van der Waals surface area contributed by atoms with Crippen molar-refractivity contribution in [3.05, 3.63) is 77.1 Å². The molecule has 2 aromatic heterocycles. The van der Waals surface area contributed by atoms with Crippen molar-refractivity contribution >= 4 is 26.7 Å². The summed E-state index contributed by atoms with van der Waals surface area (Å²) >= 11 is 0. The molecular formula is C28H25F4N5O3S. The van der Waals surface area contributed by atoms with Crippen LogP contribution in [0.1, 0.15) is 35.8 Å². The van der Waals surface area contributed by atoms with Crippen LogP contribution in [0.25, 0.3) is 22.0 Å². The smallest absolute Gasteiger partial charge is 0.255 e. The molecule has 41 heavy (non-hydrogen) atoms. The van der Waals surface area contributed by atoms with Crippen LogP contribution in [0.5, 0.6) is 0 Å². The number of nitrogens with zero attached hydrogens (tertiary/aromatic N) is 3. The number of pyridine rings is 1. The number of fused-ring (bicyclic) bond motifs is 1. The standard InChI is InChI=1S/C28H25F4N5O3S/c1-37-25-21(4-3-5-22(25)26(35-37)36-41(2,39)40)20-7-6-19(8-9-27(38)14-28(31,32)15-27)34-24(20)23(33)12-16-10-17(29)13-18(30)11-16/h3-7,10-11,13,23,38H,12,14-15,33H2,1-2H3,(H,35,36). The Morgan fingerprint density at radius 1 is 1.12 bits per heavy atom. The summed E-state index contributed by atoms with van der Waals surface area (Å²) in [4.78, 5) is 4.56. The van der Waals surface area contributed by atoms with E-state index in [1.54, 1.807) is 31.3 Å². The van der Waals surface area contributed by atoms with Gasteiger partial charge in [0, 0.05) is 29.6 Å². The Bertz CT molecular complexity index is 1820. The van der Waals surface area contributed by atoms with E-state index >= 15 is 0 Å². The number of nitrogens with two attached hydrogens (primary N) is 1. The van der Waals surface area contributed by atoms with Crippen molar-refractivity contribution in [2.24, 2.45) is 12.8 Å². The van der Waals surface area contributed by atoms with E-state index in [1.807, 2.05) is 0 Å². The Kier molecular flexibility index (Phi) is 7.05. The molecule has 13 heteroatoms. The summed E-state index contributed by atoms with van der Waals surface area (Å²) in [5.41, 5.74) is 7.05. The van der Waals surface area contributed by atoms with Gasteiger partial charge in [-0.15, -0.1) is 0 Å². The molecule has 1 unspecified atom stereocenters. The van der Waals surface area contributed by atoms with Crippen LogP contribution >= 0.6 is 0 Å². The van der Waals surface area contributed by atoms with E-state index in [1.165, 1.54) is 10.7 Å². The molecule has 0 radical (unpaired) electrons. The fourth-order valence-corrected chi connectivity index (χ4v) is 5.51. The van der Waals surface area contributed by atoms with Crippen LogP contribution in [0.15, 0.2) is 48.5 Å². The number of aliphatic hydroxyl groups is 1. The third kappa shape index (κ3) is 6.19. The zero-order chi connectivity index (χ0) is 29.7. The molecule has 2 aromatic carbocycles. The minimum atomic E-state index is -3.63. The number of para-hydroxylation sites is 1. The summed E-state index contributed by atoms with van der Waals surface area (Å²) in [7, 11) is -1.99. The Balaban J connectivity index is 1.62. The molecule has 1 saturated carbocycles. The van der Waals surface area contributed by atoms with E-state index in [-0.39, 0.29) is 29.2 Å². The fraction of sp³-hybridized carbons (Fsp3) is 0.286. The highest BCUT2D eigenvalue weighted by molar-refractivity contribution is 7.92. The van der Waals surface area contributed by atoms with Crippen LogP contribution in [-0.4, -0.2) is 46.1 Å². The average molecular weight is 588 g/mol. The van der Waals surface area contributed by atoms with Crippen molar-refractivity contribution < 1.29 is 31.1 Å². The first-order valence-corrected chi connectivity index (χ1v) is 14.3. The Labute approximate surface area is 233 Å². The van der Waals surface area contributed by atoms with Gasteiger partial charge in [0.05, 0.1) is 36.3 Å². The number of sulfonamides is 1. The predicted molar refractivity (Wildman–Crippen MR) is 145 cm³/mol. The van der Waals surface area contributed by atoms with Crippen molar-refractivity contribution in [1.82, 2.24) is 14.8 Å². The molecule has 0 spiro atoms. The highest BCUT2D eigenvalue weighted by Crippen LogP contribution is 2.45. The first-order chi connectivity index (χ1) is 19.1. The molecule has 0 amide bonds. The van der Waals surface area contributed by atoms with E-state index < -0.39 is 52.1 Å². The normalized spacial score (nSPS) is 16.5. The van der Waals surface area contributed by atoms with E-state index in [0.29, 0.717) is 22.0 Å². The summed E-state index contributed by atoms with van der Waals surface area (Å²) in [5, 5.41) is 15.1. The van der Waals surface area contributed by atoms with Crippen LogP contribution in [0.3, 0.4) is 0 Å². The monoisotopic (exact) mass is 587 g/mol. The Morgan fingerprint density at radius 2 is 1.80 bits per heavy atom. The van der Waals surface area contributed by atoms with Crippen LogP contribution < -0.4 is 10.5 Å². The average Bonchev–Trinajstić information content (AvgIpc) is 3.14. The van der Waals surface area contributed by atoms with Gasteiger partial charge >= 0.3 is 0 Å². The summed E-state index contributed by atoms with van der Waals surface area (Å²) in [5.74, 6) is 0.709. The van der Waals surface area contributed by atoms with Crippen LogP contribution in [0, 0.1) is 23.5 Å². The van der Waals surface area contributed by atoms with Crippen molar-refractivity contribution in [3.63, 3.8) is 0 Å². The molecule has 0 aliphatic heterocycles. The summed E-state index contributed by atoms with van der Waals surface area (Å²) in [6.45, 7) is 0. The van der Waals surface area contributed by atoms with Crippen molar-refractivity contribution in [3.8, 4) is 23.0 Å². The predicted octanol–water partition coefficient (Wildman–Crippen LogP) is 4.04. The Hall–Kier alpha value is -3.99. The largest absolute Gasteiger partial charge is 0.377 e. The first-order valence-electron chi connectivity index (χ1n) is 12.4. The number of hydrogen-bond donors (Lipinski definition) is 3. The van der Waals surface area contributed by atoms with Crippen molar-refractivity contribution in [1.29, 1.82) is 0 Å². The number of aryl methyl sites for hydroxylation is 1. The van der Waals surface area contributed by atoms with Gasteiger partial charge in [0.25, 0.3) is 5.92 Å². The summed E-state index contributed by atoms with van der Waals surface area (Å²) < 4.78 is 82.1. The van der Waals surface area contributed by atoms with Gasteiger partial charge in [-0.3, -0.25) is 9.40 Å². The van der Waals surface area contributed by atoms with Gasteiger partial charge in [-0.2, -0.15) is 5.10 Å². The van der Waals surface area contributed by atoms with Crippen LogP contribution in [-0.2, 0) is 23.5 Å². The van der Waals surface area contributed by atoms with E-state index in [9.17, 15) is 31.1 Å². The summed E-state index contributed by atoms with van der Waals surface area (Å²) in [6.07, 6.45) is -0.567. The highest BCUT2D eigenvalue weighted by atomic mass is 32.2. The molecule has 1 fully saturated rings. The topological polar surface area (TPSA) is 123 Å². The number of anilines is 1. The lowest BCUT2D eigenvalue weighted by atomic mass is 9.77. The molecule has 2 heterocycles. The van der Waals surface area contributed by atoms with Gasteiger partial charge < -0.3 is 10.8 Å². The maximum Gasteiger partial charge on any atom is 0.255 e. The second-order valence-electron chi connectivity index (χ2n) is 10.3. The lowest BCUT2D eigenvalue weighted by Crippen LogP contribution is -2.50. The minimum absolute atomic E-state index is 0.00995. The number of halogens is 4. The number of rotatable bonds is 6. The molecule has 4 N–H and O–H groups in total. The molecule has 1 aliphatic rings. The lowest BCUT2D eigenvalue weighted by Gasteiger charge is -2.39.